The first-order valence-corrected chi connectivity index (χ1v) is 6.12. The first-order chi connectivity index (χ1) is 9.40. The van der Waals surface area contributed by atoms with Crippen LogP contribution in [0, 0.1) is 5.82 Å². The highest BCUT2D eigenvalue weighted by Crippen LogP contribution is 2.19. The highest BCUT2D eigenvalue weighted by atomic mass is 19.1. The van der Waals surface area contributed by atoms with E-state index >= 15 is 0 Å². The molecule has 0 fully saturated rings. The summed E-state index contributed by atoms with van der Waals surface area (Å²) in [5.41, 5.74) is 0.154. The summed E-state index contributed by atoms with van der Waals surface area (Å²) < 4.78 is 23.0. The molecule has 0 aliphatic heterocycles. The Morgan fingerprint density at radius 3 is 2.40 bits per heavy atom. The highest BCUT2D eigenvalue weighted by molar-refractivity contribution is 5.96. The molecule has 0 heterocycles. The molecule has 110 valence electrons. The van der Waals surface area contributed by atoms with Crippen molar-refractivity contribution in [3.05, 3.63) is 29.6 Å². The van der Waals surface area contributed by atoms with E-state index in [2.05, 4.69) is 4.74 Å². The minimum Gasteiger partial charge on any atom is -0.494 e. The second-order valence-corrected chi connectivity index (χ2v) is 4.45. The van der Waals surface area contributed by atoms with Crippen LogP contribution in [0.2, 0.25) is 0 Å². The van der Waals surface area contributed by atoms with Gasteiger partial charge in [0.15, 0.2) is 11.6 Å². The van der Waals surface area contributed by atoms with Crippen molar-refractivity contribution in [2.45, 2.75) is 19.9 Å². The van der Waals surface area contributed by atoms with Gasteiger partial charge in [-0.2, -0.15) is 0 Å². The van der Waals surface area contributed by atoms with Crippen LogP contribution in [0.25, 0.3) is 0 Å². The first kappa shape index (κ1) is 15.9. The minimum atomic E-state index is -0.625. The van der Waals surface area contributed by atoms with E-state index in [1.807, 2.05) is 0 Å². The smallest absolute Gasteiger partial charge is 0.325 e. The number of ether oxygens (including phenoxy) is 2. The van der Waals surface area contributed by atoms with Gasteiger partial charge >= 0.3 is 5.97 Å². The Bertz CT molecular complexity index is 502. The summed E-state index contributed by atoms with van der Waals surface area (Å²) in [4.78, 5) is 24.9. The van der Waals surface area contributed by atoms with Crippen molar-refractivity contribution in [3.8, 4) is 5.75 Å². The number of hydrogen-bond donors (Lipinski definition) is 0. The third kappa shape index (κ3) is 3.69. The predicted octanol–water partition coefficient (Wildman–Crippen LogP) is 1.86. The van der Waals surface area contributed by atoms with Crippen molar-refractivity contribution in [3.63, 3.8) is 0 Å². The van der Waals surface area contributed by atoms with Gasteiger partial charge in [-0.1, -0.05) is 0 Å². The number of benzene rings is 1. The average molecular weight is 283 g/mol. The van der Waals surface area contributed by atoms with Crippen LogP contribution >= 0.6 is 0 Å². The van der Waals surface area contributed by atoms with Crippen LogP contribution in [0.4, 0.5) is 4.39 Å². The highest BCUT2D eigenvalue weighted by Gasteiger charge is 2.22. The molecule has 0 N–H and O–H groups in total. The van der Waals surface area contributed by atoms with Crippen LogP contribution in [-0.4, -0.2) is 43.6 Å². The first-order valence-electron chi connectivity index (χ1n) is 6.12. The van der Waals surface area contributed by atoms with Gasteiger partial charge in [0.25, 0.3) is 5.91 Å². The van der Waals surface area contributed by atoms with E-state index in [1.165, 1.54) is 31.3 Å². The maximum absolute atomic E-state index is 13.6. The van der Waals surface area contributed by atoms with Crippen molar-refractivity contribution in [1.29, 1.82) is 0 Å². The molecule has 0 saturated carbocycles. The lowest BCUT2D eigenvalue weighted by atomic mass is 10.1. The lowest BCUT2D eigenvalue weighted by molar-refractivity contribution is -0.141. The Kier molecular flexibility index (Phi) is 5.49. The van der Waals surface area contributed by atoms with Gasteiger partial charge in [0.2, 0.25) is 0 Å². The lowest BCUT2D eigenvalue weighted by Gasteiger charge is -2.25. The Morgan fingerprint density at radius 1 is 1.30 bits per heavy atom. The second kappa shape index (κ2) is 6.88. The summed E-state index contributed by atoms with van der Waals surface area (Å²) in [5, 5.41) is 0. The number of rotatable bonds is 5. The van der Waals surface area contributed by atoms with Crippen molar-refractivity contribution in [1.82, 2.24) is 4.90 Å². The van der Waals surface area contributed by atoms with E-state index in [9.17, 15) is 14.0 Å². The fraction of sp³-hybridized carbons (Fsp3) is 0.429. The van der Waals surface area contributed by atoms with Gasteiger partial charge < -0.3 is 14.4 Å². The van der Waals surface area contributed by atoms with Gasteiger partial charge in [0.05, 0.1) is 14.2 Å². The fourth-order valence-corrected chi connectivity index (χ4v) is 1.66. The third-order valence-corrected chi connectivity index (χ3v) is 2.81. The molecule has 5 nitrogen and oxygen atoms in total. The molecule has 0 saturated heterocycles. The summed E-state index contributed by atoms with van der Waals surface area (Å²) in [7, 11) is 2.59. The number of esters is 1. The zero-order chi connectivity index (χ0) is 15.3. The topological polar surface area (TPSA) is 55.8 Å². The second-order valence-electron chi connectivity index (χ2n) is 4.45. The summed E-state index contributed by atoms with van der Waals surface area (Å²) in [6.07, 6.45) is 0. The van der Waals surface area contributed by atoms with Gasteiger partial charge in [-0.05, 0) is 32.0 Å². The van der Waals surface area contributed by atoms with Crippen molar-refractivity contribution >= 4 is 11.9 Å². The van der Waals surface area contributed by atoms with Gasteiger partial charge in [-0.3, -0.25) is 9.59 Å². The Labute approximate surface area is 117 Å². The van der Waals surface area contributed by atoms with Gasteiger partial charge in [-0.25, -0.2) is 4.39 Å². The molecule has 1 amide bonds. The summed E-state index contributed by atoms with van der Waals surface area (Å²) >= 11 is 0. The number of methoxy groups -OCH3 is 2. The number of halogens is 1. The SMILES string of the molecule is COC(=O)CN(C(=O)c1ccc(OC)c(F)c1)C(C)C. The molecule has 20 heavy (non-hydrogen) atoms. The van der Waals surface area contributed by atoms with Gasteiger partial charge in [0.1, 0.15) is 6.54 Å². The third-order valence-electron chi connectivity index (χ3n) is 2.81. The molecule has 0 spiro atoms. The zero-order valence-electron chi connectivity index (χ0n) is 12.0. The molecule has 6 heteroatoms. The van der Waals surface area contributed by atoms with Gasteiger partial charge in [-0.15, -0.1) is 0 Å². The number of hydrogen-bond acceptors (Lipinski definition) is 4. The minimum absolute atomic E-state index is 0.0608. The summed E-state index contributed by atoms with van der Waals surface area (Å²) in [5.74, 6) is -1.53. The molecule has 1 rings (SSSR count). The number of carbonyl (C=O) groups excluding carboxylic acids is 2. The molecule has 0 radical (unpaired) electrons. The monoisotopic (exact) mass is 283 g/mol. The largest absolute Gasteiger partial charge is 0.494 e. The normalized spacial score (nSPS) is 10.3. The quantitative estimate of drug-likeness (QED) is 0.774. The number of carbonyl (C=O) groups is 2. The molecule has 1 aromatic rings. The molecule has 1 aromatic carbocycles. The van der Waals surface area contributed by atoms with Crippen molar-refractivity contribution < 1.29 is 23.5 Å². The average Bonchev–Trinajstić information content (AvgIpc) is 2.43. The summed E-state index contributed by atoms with van der Waals surface area (Å²) in [6, 6.07) is 3.70. The van der Waals surface area contributed by atoms with E-state index in [-0.39, 0.29) is 23.9 Å². The molecule has 0 aliphatic carbocycles. The van der Waals surface area contributed by atoms with Crippen LogP contribution in [0.3, 0.4) is 0 Å². The molecular weight excluding hydrogens is 265 g/mol. The van der Waals surface area contributed by atoms with Crippen molar-refractivity contribution in [2.24, 2.45) is 0 Å². The van der Waals surface area contributed by atoms with E-state index in [1.54, 1.807) is 13.8 Å². The Hall–Kier alpha value is -2.11. The molecule has 0 aromatic heterocycles. The number of amides is 1. The van der Waals surface area contributed by atoms with E-state index in [4.69, 9.17) is 4.74 Å². The fourth-order valence-electron chi connectivity index (χ4n) is 1.66. The van der Waals surface area contributed by atoms with Crippen LogP contribution in [0.15, 0.2) is 18.2 Å². The Morgan fingerprint density at radius 2 is 1.95 bits per heavy atom. The maximum atomic E-state index is 13.6. The van der Waals surface area contributed by atoms with E-state index in [0.717, 1.165) is 6.07 Å². The molecule has 0 aliphatic rings. The Balaban J connectivity index is 3.00. The number of nitrogens with zero attached hydrogens (tertiary/aromatic N) is 1. The zero-order valence-corrected chi connectivity index (χ0v) is 12.0. The standard InChI is InChI=1S/C14H18FNO4/c1-9(2)16(8-13(17)20-4)14(18)10-5-6-12(19-3)11(15)7-10/h5-7,9H,8H2,1-4H3. The summed E-state index contributed by atoms with van der Waals surface area (Å²) in [6.45, 7) is 3.35. The molecule has 0 bridgehead atoms. The van der Waals surface area contributed by atoms with Crippen LogP contribution in [0.1, 0.15) is 24.2 Å². The maximum Gasteiger partial charge on any atom is 0.325 e. The van der Waals surface area contributed by atoms with E-state index < -0.39 is 17.7 Å². The molecule has 0 unspecified atom stereocenters. The van der Waals surface area contributed by atoms with Crippen LogP contribution in [0.5, 0.6) is 5.75 Å². The van der Waals surface area contributed by atoms with E-state index in [0.29, 0.717) is 0 Å². The van der Waals surface area contributed by atoms with Crippen LogP contribution < -0.4 is 4.74 Å². The van der Waals surface area contributed by atoms with Crippen molar-refractivity contribution in [2.75, 3.05) is 20.8 Å². The predicted molar refractivity (Wildman–Crippen MR) is 71.1 cm³/mol. The van der Waals surface area contributed by atoms with Crippen LogP contribution in [-0.2, 0) is 9.53 Å². The van der Waals surface area contributed by atoms with Gasteiger partial charge in [0, 0.05) is 11.6 Å². The lowest BCUT2D eigenvalue weighted by Crippen LogP contribution is -2.41. The molecular formula is C14H18FNO4. The molecule has 0 atom stereocenters.